The number of fused-ring (bicyclic) bond motifs is 7. The van der Waals surface area contributed by atoms with E-state index in [0.29, 0.717) is 17.8 Å². The highest BCUT2D eigenvalue weighted by Gasteiger charge is 2.51. The molecule has 1 aromatic heterocycles. The first kappa shape index (κ1) is 44.6. The Balaban J connectivity index is 1.35. The quantitative estimate of drug-likeness (QED) is 0.149. The molecule has 1 atom stereocenters. The Bertz CT molecular complexity index is 2930. The van der Waals surface area contributed by atoms with Crippen LogP contribution in [0.2, 0.25) is 0 Å². The Morgan fingerprint density at radius 2 is 1.42 bits per heavy atom. The second-order valence-corrected chi connectivity index (χ2v) is 24.2. The Hall–Kier alpha value is -5.22. The molecule has 4 heteroatoms. The van der Waals surface area contributed by atoms with E-state index in [-0.39, 0.29) is 28.4 Å². The number of furan rings is 1. The third-order valence-electron chi connectivity index (χ3n) is 16.9. The Kier molecular flexibility index (Phi) is 10.4. The highest BCUT2D eigenvalue weighted by Crippen LogP contribution is 2.58. The van der Waals surface area contributed by atoms with Gasteiger partial charge in [-0.05, 0) is 170 Å². The molecule has 1 unspecified atom stereocenters. The van der Waals surface area contributed by atoms with Crippen molar-refractivity contribution in [3.05, 3.63) is 142 Å². The number of hydrogen-bond donors (Lipinski definition) is 0. The molecule has 0 N–H and O–H groups in total. The predicted octanol–water partition coefficient (Wildman–Crippen LogP) is 16.0. The molecular weight excluding hydrogens is 800 g/mol. The first-order chi connectivity index (χ1) is 31.1. The molecule has 0 spiro atoms. The molecule has 6 aromatic rings. The lowest BCUT2D eigenvalue weighted by Crippen LogP contribution is -2.61. The molecule has 10 rings (SSSR count). The maximum atomic E-state index is 7.65. The molecule has 0 bridgehead atoms. The standard InChI is InChI=1S/C62H73BN2O/c1-16-60(10,11)48-34-44(26-27-45(48)38(4)5)65-54-33-41(46-20-18-17-19-39(46)6)32-53-56(54)63(58-57(65)47-35-49-50(36-55(47)66-58)62(14,15)30-29-61(49,12)13)51-28-21-40(37(2)3)31-52(51)64(53)43-24-22-42(23-25-43)59(7,8)9/h17-28,31-34,36-38,49H,16,29-30,35H2,1-15H3. The van der Waals surface area contributed by atoms with Crippen LogP contribution < -0.4 is 26.4 Å². The van der Waals surface area contributed by atoms with Gasteiger partial charge in [-0.2, -0.15) is 0 Å². The Labute approximate surface area is 397 Å². The van der Waals surface area contributed by atoms with Crippen LogP contribution >= 0.6 is 0 Å². The van der Waals surface area contributed by atoms with E-state index in [1.807, 2.05) is 0 Å². The molecule has 4 aliphatic rings. The van der Waals surface area contributed by atoms with Gasteiger partial charge in [0.25, 0.3) is 6.71 Å². The number of anilines is 6. The van der Waals surface area contributed by atoms with E-state index < -0.39 is 0 Å². The van der Waals surface area contributed by atoms with Crippen molar-refractivity contribution in [3.8, 4) is 11.1 Å². The molecule has 1 saturated carbocycles. The fraction of sp³-hybridized carbons (Fsp3) is 0.419. The molecule has 0 saturated heterocycles. The topological polar surface area (TPSA) is 19.6 Å². The van der Waals surface area contributed by atoms with Crippen LogP contribution in [0.3, 0.4) is 0 Å². The SMILES string of the molecule is CCC(C)(C)c1cc(N2c3cc(-c4ccccc4C)cc4c3B(c3ccc(C(C)C)cc3N4c3ccc(C(C)(C)C)cc3)c3oc4c(c32)CC2C(=C4)C(C)(C)CCC2(C)C)ccc1C(C)C. The number of nitrogens with zero attached hydrogens (tertiary/aromatic N) is 2. The van der Waals surface area contributed by atoms with Crippen LogP contribution in [0.5, 0.6) is 0 Å². The fourth-order valence-corrected chi connectivity index (χ4v) is 12.1. The lowest BCUT2D eigenvalue weighted by molar-refractivity contribution is 0.123. The van der Waals surface area contributed by atoms with E-state index in [1.54, 1.807) is 5.57 Å². The van der Waals surface area contributed by atoms with Gasteiger partial charge in [0.1, 0.15) is 5.76 Å². The van der Waals surface area contributed by atoms with Gasteiger partial charge in [0.05, 0.1) is 11.3 Å². The fourth-order valence-electron chi connectivity index (χ4n) is 12.1. The summed E-state index contributed by atoms with van der Waals surface area (Å²) in [6.45, 7) is 35.6. The number of allylic oxidation sites excluding steroid dienone is 1. The number of rotatable bonds is 7. The largest absolute Gasteiger partial charge is 0.468 e. The molecule has 0 radical (unpaired) electrons. The summed E-state index contributed by atoms with van der Waals surface area (Å²) in [6, 6.07) is 38.1. The first-order valence-corrected chi connectivity index (χ1v) is 25.2. The highest BCUT2D eigenvalue weighted by atomic mass is 16.3. The van der Waals surface area contributed by atoms with Gasteiger partial charge in [0.15, 0.2) is 0 Å². The molecule has 5 aromatic carbocycles. The van der Waals surface area contributed by atoms with Gasteiger partial charge in [0, 0.05) is 34.0 Å². The van der Waals surface area contributed by atoms with Gasteiger partial charge in [0.2, 0.25) is 0 Å². The molecule has 66 heavy (non-hydrogen) atoms. The normalized spacial score (nSPS) is 18.2. The van der Waals surface area contributed by atoms with Gasteiger partial charge in [-0.15, -0.1) is 0 Å². The van der Waals surface area contributed by atoms with Crippen LogP contribution in [0.4, 0.5) is 34.1 Å². The molecule has 3 nitrogen and oxygen atoms in total. The average molecular weight is 873 g/mol. The summed E-state index contributed by atoms with van der Waals surface area (Å²) >= 11 is 0. The number of benzene rings is 5. The molecule has 3 heterocycles. The lowest BCUT2D eigenvalue weighted by Gasteiger charge is -2.50. The van der Waals surface area contributed by atoms with Crippen molar-refractivity contribution in [1.29, 1.82) is 0 Å². The third kappa shape index (κ3) is 6.97. The minimum Gasteiger partial charge on any atom is -0.468 e. The molecule has 340 valence electrons. The van der Waals surface area contributed by atoms with Gasteiger partial charge in [-0.3, -0.25) is 0 Å². The lowest BCUT2D eigenvalue weighted by atomic mass is 9.35. The van der Waals surface area contributed by atoms with Crippen molar-refractivity contribution >= 4 is 63.5 Å². The summed E-state index contributed by atoms with van der Waals surface area (Å²) in [7, 11) is 0. The van der Waals surface area contributed by atoms with Gasteiger partial charge in [-0.1, -0.05) is 157 Å². The van der Waals surface area contributed by atoms with E-state index in [0.717, 1.165) is 24.3 Å². The first-order valence-electron chi connectivity index (χ1n) is 25.2. The van der Waals surface area contributed by atoms with Crippen LogP contribution in [-0.2, 0) is 17.3 Å². The minimum absolute atomic E-state index is 0.00651. The highest BCUT2D eigenvalue weighted by molar-refractivity contribution is 6.99. The molecular formula is C62H73BN2O. The second kappa shape index (κ2) is 15.4. The maximum absolute atomic E-state index is 7.65. The van der Waals surface area contributed by atoms with Crippen molar-refractivity contribution in [2.24, 2.45) is 16.7 Å². The average Bonchev–Trinajstić information content (AvgIpc) is 3.65. The van der Waals surface area contributed by atoms with E-state index in [4.69, 9.17) is 4.42 Å². The molecule has 2 aliphatic carbocycles. The zero-order chi connectivity index (χ0) is 47.0. The zero-order valence-electron chi connectivity index (χ0n) is 42.8. The molecule has 1 fully saturated rings. The summed E-state index contributed by atoms with van der Waals surface area (Å²) in [6.07, 6.45) is 6.95. The summed E-state index contributed by atoms with van der Waals surface area (Å²) < 4.78 is 7.65. The second-order valence-electron chi connectivity index (χ2n) is 24.2. The number of aryl methyl sites for hydroxylation is 1. The Morgan fingerprint density at radius 1 is 0.742 bits per heavy atom. The predicted molar refractivity (Wildman–Crippen MR) is 285 cm³/mol. The van der Waals surface area contributed by atoms with Crippen molar-refractivity contribution in [1.82, 2.24) is 0 Å². The maximum Gasteiger partial charge on any atom is 0.297 e. The monoisotopic (exact) mass is 873 g/mol. The van der Waals surface area contributed by atoms with E-state index >= 15 is 0 Å². The number of hydrogen-bond acceptors (Lipinski definition) is 3. The van der Waals surface area contributed by atoms with Gasteiger partial charge in [-0.25, -0.2) is 0 Å². The van der Waals surface area contributed by atoms with Crippen LogP contribution in [-0.4, -0.2) is 6.71 Å². The summed E-state index contributed by atoms with van der Waals surface area (Å²) in [5, 5.41) is 0. The molecule has 0 amide bonds. The van der Waals surface area contributed by atoms with E-state index in [1.165, 1.54) is 102 Å². The van der Waals surface area contributed by atoms with Crippen LogP contribution in [0.1, 0.15) is 167 Å². The zero-order valence-corrected chi connectivity index (χ0v) is 42.8. The van der Waals surface area contributed by atoms with Crippen molar-refractivity contribution in [3.63, 3.8) is 0 Å². The van der Waals surface area contributed by atoms with Crippen LogP contribution in [0, 0.1) is 23.7 Å². The van der Waals surface area contributed by atoms with Crippen molar-refractivity contribution < 1.29 is 4.42 Å². The molecule has 2 aliphatic heterocycles. The van der Waals surface area contributed by atoms with Crippen molar-refractivity contribution in [2.45, 2.75) is 152 Å². The van der Waals surface area contributed by atoms with Gasteiger partial charge < -0.3 is 14.2 Å². The Morgan fingerprint density at radius 3 is 2.08 bits per heavy atom. The minimum atomic E-state index is -0.0954. The summed E-state index contributed by atoms with van der Waals surface area (Å²) in [5.74, 6) is 2.28. The van der Waals surface area contributed by atoms with Crippen molar-refractivity contribution in [2.75, 3.05) is 9.80 Å². The van der Waals surface area contributed by atoms with Crippen LogP contribution in [0.25, 0.3) is 17.2 Å². The summed E-state index contributed by atoms with van der Waals surface area (Å²) in [4.78, 5) is 5.26. The third-order valence-corrected chi connectivity index (χ3v) is 16.9. The van der Waals surface area contributed by atoms with Gasteiger partial charge >= 0.3 is 0 Å². The van der Waals surface area contributed by atoms with Crippen LogP contribution in [0.15, 0.2) is 107 Å². The smallest absolute Gasteiger partial charge is 0.297 e. The summed E-state index contributed by atoms with van der Waals surface area (Å²) in [5.41, 5.74) is 23.6. The van der Waals surface area contributed by atoms with E-state index in [9.17, 15) is 0 Å². The van der Waals surface area contributed by atoms with E-state index in [2.05, 4.69) is 217 Å².